The van der Waals surface area contributed by atoms with Crippen LogP contribution in [0, 0.1) is 0 Å². The van der Waals surface area contributed by atoms with Crippen LogP contribution >= 0.6 is 15.9 Å². The van der Waals surface area contributed by atoms with E-state index < -0.39 is 0 Å². The van der Waals surface area contributed by atoms with Crippen LogP contribution in [0.15, 0.2) is 51.9 Å². The molecule has 1 aromatic heterocycles. The van der Waals surface area contributed by atoms with E-state index in [9.17, 15) is 4.79 Å². The van der Waals surface area contributed by atoms with E-state index in [2.05, 4.69) is 15.9 Å². The molecule has 4 heteroatoms. The molecule has 2 rings (SSSR count). The zero-order valence-corrected chi connectivity index (χ0v) is 10.1. The van der Waals surface area contributed by atoms with E-state index in [1.807, 2.05) is 24.3 Å². The molecule has 1 heterocycles. The second kappa shape index (κ2) is 4.53. The Bertz CT molecular complexity index is 546. The minimum absolute atomic E-state index is 0.148. The monoisotopic (exact) mass is 278 g/mol. The molecule has 0 atom stereocenters. The summed E-state index contributed by atoms with van der Waals surface area (Å²) in [5.41, 5.74) is 6.75. The Morgan fingerprint density at radius 2 is 1.88 bits per heavy atom. The van der Waals surface area contributed by atoms with E-state index in [-0.39, 0.29) is 11.2 Å². The number of hydrogen-bond donors (Lipinski definition) is 1. The van der Waals surface area contributed by atoms with Crippen molar-refractivity contribution < 1.29 is 0 Å². The highest BCUT2D eigenvalue weighted by molar-refractivity contribution is 9.10. The molecule has 0 aliphatic rings. The summed E-state index contributed by atoms with van der Waals surface area (Å²) in [6, 6.07) is 11.2. The average Bonchev–Trinajstić information content (AvgIpc) is 2.28. The summed E-state index contributed by atoms with van der Waals surface area (Å²) >= 11 is 3.37. The highest BCUT2D eigenvalue weighted by Crippen LogP contribution is 2.11. The first kappa shape index (κ1) is 11.0. The third-order valence-electron chi connectivity index (χ3n) is 2.32. The standard InChI is InChI=1S/C12H11BrN2O/c13-10-5-3-9(4-6-10)8-15-7-1-2-11(14)12(15)16/h1-7H,8,14H2. The van der Waals surface area contributed by atoms with Crippen LogP contribution in [-0.2, 0) is 6.54 Å². The molecule has 0 aliphatic carbocycles. The summed E-state index contributed by atoms with van der Waals surface area (Å²) in [5, 5.41) is 0. The Morgan fingerprint density at radius 3 is 2.56 bits per heavy atom. The predicted molar refractivity (Wildman–Crippen MR) is 68.4 cm³/mol. The lowest BCUT2D eigenvalue weighted by Crippen LogP contribution is -2.22. The molecule has 0 saturated heterocycles. The zero-order valence-electron chi connectivity index (χ0n) is 8.56. The molecular weight excluding hydrogens is 268 g/mol. The third kappa shape index (κ3) is 2.33. The van der Waals surface area contributed by atoms with Crippen LogP contribution in [0.4, 0.5) is 5.69 Å². The average molecular weight is 279 g/mol. The molecule has 1 aromatic carbocycles. The van der Waals surface area contributed by atoms with E-state index in [0.29, 0.717) is 6.54 Å². The third-order valence-corrected chi connectivity index (χ3v) is 2.84. The number of halogens is 1. The molecule has 82 valence electrons. The molecule has 2 aromatic rings. The number of pyridine rings is 1. The molecule has 0 unspecified atom stereocenters. The van der Waals surface area contributed by atoms with Gasteiger partial charge in [0, 0.05) is 10.7 Å². The first-order valence-corrected chi connectivity index (χ1v) is 5.65. The lowest BCUT2D eigenvalue weighted by atomic mass is 10.2. The van der Waals surface area contributed by atoms with E-state index >= 15 is 0 Å². The van der Waals surface area contributed by atoms with Gasteiger partial charge in [-0.15, -0.1) is 0 Å². The van der Waals surface area contributed by atoms with Crippen LogP contribution < -0.4 is 11.3 Å². The van der Waals surface area contributed by atoms with Crippen molar-refractivity contribution in [3.63, 3.8) is 0 Å². The van der Waals surface area contributed by atoms with Gasteiger partial charge in [0.1, 0.15) is 0 Å². The van der Waals surface area contributed by atoms with Crippen molar-refractivity contribution in [3.05, 3.63) is 63.0 Å². The summed E-state index contributed by atoms with van der Waals surface area (Å²) < 4.78 is 2.62. The van der Waals surface area contributed by atoms with Crippen LogP contribution in [0.5, 0.6) is 0 Å². The predicted octanol–water partition coefficient (Wildman–Crippen LogP) is 2.24. The molecular formula is C12H11BrN2O. The van der Waals surface area contributed by atoms with Crippen molar-refractivity contribution in [2.24, 2.45) is 0 Å². The van der Waals surface area contributed by atoms with Crippen molar-refractivity contribution in [1.82, 2.24) is 4.57 Å². The fraction of sp³-hybridized carbons (Fsp3) is 0.0833. The molecule has 0 amide bonds. The number of hydrogen-bond acceptors (Lipinski definition) is 2. The largest absolute Gasteiger partial charge is 0.394 e. The van der Waals surface area contributed by atoms with Crippen LogP contribution in [0.2, 0.25) is 0 Å². The molecule has 0 aliphatic heterocycles. The molecule has 3 nitrogen and oxygen atoms in total. The normalized spacial score (nSPS) is 10.3. The van der Waals surface area contributed by atoms with Crippen molar-refractivity contribution in [3.8, 4) is 0 Å². The number of nitrogen functional groups attached to an aromatic ring is 1. The van der Waals surface area contributed by atoms with Crippen LogP contribution in [0.25, 0.3) is 0 Å². The number of aromatic nitrogens is 1. The van der Waals surface area contributed by atoms with Gasteiger partial charge >= 0.3 is 0 Å². The van der Waals surface area contributed by atoms with Gasteiger partial charge < -0.3 is 10.3 Å². The molecule has 0 radical (unpaired) electrons. The number of rotatable bonds is 2. The molecule has 0 bridgehead atoms. The quantitative estimate of drug-likeness (QED) is 0.916. The highest BCUT2D eigenvalue weighted by atomic mass is 79.9. The van der Waals surface area contributed by atoms with Crippen LogP contribution in [0.3, 0.4) is 0 Å². The van der Waals surface area contributed by atoms with Crippen molar-refractivity contribution in [1.29, 1.82) is 0 Å². The minimum Gasteiger partial charge on any atom is -0.394 e. The Labute approximate surface area is 102 Å². The maximum atomic E-state index is 11.7. The Hall–Kier alpha value is -1.55. The van der Waals surface area contributed by atoms with E-state index in [4.69, 9.17) is 5.73 Å². The summed E-state index contributed by atoms with van der Waals surface area (Å²) in [7, 11) is 0. The number of benzene rings is 1. The SMILES string of the molecule is Nc1cccn(Cc2ccc(Br)cc2)c1=O. The maximum Gasteiger partial charge on any atom is 0.273 e. The fourth-order valence-electron chi connectivity index (χ4n) is 1.47. The first-order valence-electron chi connectivity index (χ1n) is 4.86. The summed E-state index contributed by atoms with van der Waals surface area (Å²) in [4.78, 5) is 11.7. The van der Waals surface area contributed by atoms with E-state index in [0.717, 1.165) is 10.0 Å². The second-order valence-corrected chi connectivity index (χ2v) is 4.44. The van der Waals surface area contributed by atoms with Crippen molar-refractivity contribution in [2.75, 3.05) is 5.73 Å². The van der Waals surface area contributed by atoms with Crippen molar-refractivity contribution in [2.45, 2.75) is 6.54 Å². The van der Waals surface area contributed by atoms with Crippen molar-refractivity contribution >= 4 is 21.6 Å². The molecule has 0 spiro atoms. The number of nitrogens with zero attached hydrogens (tertiary/aromatic N) is 1. The lowest BCUT2D eigenvalue weighted by Gasteiger charge is -2.06. The highest BCUT2D eigenvalue weighted by Gasteiger charge is 2.00. The van der Waals surface area contributed by atoms with Crippen LogP contribution in [0.1, 0.15) is 5.56 Å². The molecule has 16 heavy (non-hydrogen) atoms. The fourth-order valence-corrected chi connectivity index (χ4v) is 1.73. The van der Waals surface area contributed by atoms with Gasteiger partial charge in [0.05, 0.1) is 12.2 Å². The lowest BCUT2D eigenvalue weighted by molar-refractivity contribution is 0.762. The number of nitrogens with two attached hydrogens (primary N) is 1. The van der Waals surface area contributed by atoms with E-state index in [1.165, 1.54) is 0 Å². The smallest absolute Gasteiger partial charge is 0.273 e. The van der Waals surface area contributed by atoms with Gasteiger partial charge in [0.25, 0.3) is 5.56 Å². The van der Waals surface area contributed by atoms with Crippen LogP contribution in [-0.4, -0.2) is 4.57 Å². The molecule has 0 saturated carbocycles. The Balaban J connectivity index is 2.31. The number of anilines is 1. The second-order valence-electron chi connectivity index (χ2n) is 3.52. The Morgan fingerprint density at radius 1 is 1.19 bits per heavy atom. The molecule has 0 fully saturated rings. The van der Waals surface area contributed by atoms with E-state index in [1.54, 1.807) is 22.9 Å². The summed E-state index contributed by atoms with van der Waals surface area (Å²) in [6.07, 6.45) is 1.74. The van der Waals surface area contributed by atoms with Gasteiger partial charge in [-0.05, 0) is 29.8 Å². The van der Waals surface area contributed by atoms with Gasteiger partial charge in [-0.1, -0.05) is 28.1 Å². The van der Waals surface area contributed by atoms with Gasteiger partial charge in [0.15, 0.2) is 0 Å². The topological polar surface area (TPSA) is 48.0 Å². The van der Waals surface area contributed by atoms with Gasteiger partial charge in [-0.3, -0.25) is 4.79 Å². The minimum atomic E-state index is -0.148. The molecule has 2 N–H and O–H groups in total. The van der Waals surface area contributed by atoms with Gasteiger partial charge in [-0.2, -0.15) is 0 Å². The maximum absolute atomic E-state index is 11.7. The Kier molecular flexibility index (Phi) is 3.10. The summed E-state index contributed by atoms with van der Waals surface area (Å²) in [6.45, 7) is 0.539. The van der Waals surface area contributed by atoms with Gasteiger partial charge in [-0.25, -0.2) is 0 Å². The summed E-state index contributed by atoms with van der Waals surface area (Å²) in [5.74, 6) is 0. The first-order chi connectivity index (χ1) is 7.66. The zero-order chi connectivity index (χ0) is 11.5. The van der Waals surface area contributed by atoms with Gasteiger partial charge in [0.2, 0.25) is 0 Å².